The third-order valence-corrected chi connectivity index (χ3v) is 5.75. The van der Waals surface area contributed by atoms with Gasteiger partial charge in [0, 0.05) is 22.1 Å². The highest BCUT2D eigenvalue weighted by molar-refractivity contribution is 14.1. The number of nitrogens with zero attached hydrogens (tertiary/aromatic N) is 1. The van der Waals surface area contributed by atoms with Crippen LogP contribution < -0.4 is 0 Å². The number of carbonyl (C=O) groups is 2. The molecule has 2 fully saturated rings. The summed E-state index contributed by atoms with van der Waals surface area (Å²) in [7, 11) is 3.43. The number of esters is 2. The fourth-order valence-electron chi connectivity index (χ4n) is 3.78. The minimum atomic E-state index is -0.414. The van der Waals surface area contributed by atoms with Crippen LogP contribution in [-0.4, -0.2) is 49.2 Å². The van der Waals surface area contributed by atoms with Gasteiger partial charge in [-0.25, -0.2) is 4.79 Å². The van der Waals surface area contributed by atoms with Crippen molar-refractivity contribution in [3.63, 3.8) is 0 Å². The van der Waals surface area contributed by atoms with Gasteiger partial charge in [0.25, 0.3) is 0 Å². The van der Waals surface area contributed by atoms with E-state index in [1.165, 1.54) is 7.11 Å². The topological polar surface area (TPSA) is 55.8 Å². The Morgan fingerprint density at radius 3 is 2.57 bits per heavy atom. The first kappa shape index (κ1) is 16.7. The van der Waals surface area contributed by atoms with Gasteiger partial charge in [-0.3, -0.25) is 9.69 Å². The number of piperidine rings is 1. The fraction of sp³-hybridized carbons (Fsp3) is 0.529. The zero-order valence-electron chi connectivity index (χ0n) is 13.2. The molecule has 0 saturated carbocycles. The molecule has 4 atom stereocenters. The maximum Gasteiger partial charge on any atom is 0.338 e. The van der Waals surface area contributed by atoms with Crippen LogP contribution >= 0.6 is 22.6 Å². The van der Waals surface area contributed by atoms with Crippen LogP contribution in [0.3, 0.4) is 0 Å². The Morgan fingerprint density at radius 1 is 1.22 bits per heavy atom. The Kier molecular flexibility index (Phi) is 4.91. The third kappa shape index (κ3) is 3.24. The molecule has 2 bridgehead atoms. The van der Waals surface area contributed by atoms with Crippen molar-refractivity contribution in [2.24, 2.45) is 5.92 Å². The standard InChI is InChI=1S/C17H20INO4/c1-19-12-7-8-13(19)15(17(21)22-2)14(9-12)23-16(20)10-3-5-11(18)6-4-10/h3-6,12-15H,7-9H2,1-2H3/t12?,13?,14-,15+/m0/s1. The van der Waals surface area contributed by atoms with Crippen molar-refractivity contribution in [1.29, 1.82) is 0 Å². The molecular formula is C17H20INO4. The summed E-state index contributed by atoms with van der Waals surface area (Å²) in [6.07, 6.45) is 2.25. The Labute approximate surface area is 149 Å². The maximum absolute atomic E-state index is 12.4. The number of rotatable bonds is 3. The van der Waals surface area contributed by atoms with Crippen molar-refractivity contribution in [3.8, 4) is 0 Å². The molecule has 5 nitrogen and oxygen atoms in total. The first-order chi connectivity index (χ1) is 11.0. The SMILES string of the molecule is COC(=O)[C@@H]1C2CCC(C[C@@H]1OC(=O)c1ccc(I)cc1)N2C. The number of methoxy groups -OCH3 is 1. The number of carbonyl (C=O) groups excluding carboxylic acids is 2. The van der Waals surface area contributed by atoms with Gasteiger partial charge in [0.05, 0.1) is 12.7 Å². The van der Waals surface area contributed by atoms with E-state index in [1.54, 1.807) is 12.1 Å². The summed E-state index contributed by atoms with van der Waals surface area (Å²) in [5, 5.41) is 0. The number of hydrogen-bond acceptors (Lipinski definition) is 5. The van der Waals surface area contributed by atoms with Crippen molar-refractivity contribution < 1.29 is 19.1 Å². The second-order valence-corrected chi connectivity index (χ2v) is 7.44. The van der Waals surface area contributed by atoms with E-state index in [9.17, 15) is 9.59 Å². The Bertz CT molecular complexity index is 603. The summed E-state index contributed by atoms with van der Waals surface area (Å²) in [5.74, 6) is -1.07. The van der Waals surface area contributed by atoms with Crippen molar-refractivity contribution in [2.75, 3.05) is 14.2 Å². The molecule has 2 heterocycles. The van der Waals surface area contributed by atoms with Crippen LogP contribution in [0.1, 0.15) is 29.6 Å². The molecule has 0 N–H and O–H groups in total. The predicted molar refractivity (Wildman–Crippen MR) is 93.1 cm³/mol. The van der Waals surface area contributed by atoms with Crippen molar-refractivity contribution >= 4 is 34.5 Å². The fourth-order valence-corrected chi connectivity index (χ4v) is 4.14. The zero-order valence-corrected chi connectivity index (χ0v) is 15.4. The maximum atomic E-state index is 12.4. The van der Waals surface area contributed by atoms with Gasteiger partial charge in [0.1, 0.15) is 12.0 Å². The van der Waals surface area contributed by atoms with E-state index >= 15 is 0 Å². The summed E-state index contributed by atoms with van der Waals surface area (Å²) in [4.78, 5) is 26.9. The van der Waals surface area contributed by atoms with Crippen LogP contribution in [0.5, 0.6) is 0 Å². The van der Waals surface area contributed by atoms with Gasteiger partial charge in [-0.2, -0.15) is 0 Å². The Balaban J connectivity index is 1.78. The lowest BCUT2D eigenvalue weighted by Crippen LogP contribution is -2.53. The first-order valence-electron chi connectivity index (χ1n) is 7.77. The summed E-state index contributed by atoms with van der Waals surface area (Å²) in [6, 6.07) is 7.70. The molecule has 1 aromatic rings. The number of halogens is 1. The molecule has 2 aliphatic rings. The monoisotopic (exact) mass is 429 g/mol. The molecule has 0 amide bonds. The molecular weight excluding hydrogens is 409 g/mol. The highest BCUT2D eigenvalue weighted by atomic mass is 127. The van der Waals surface area contributed by atoms with Gasteiger partial charge < -0.3 is 9.47 Å². The highest BCUT2D eigenvalue weighted by Gasteiger charge is 2.50. The number of ether oxygens (including phenoxy) is 2. The summed E-state index contributed by atoms with van der Waals surface area (Å²) in [5.41, 5.74) is 0.514. The second-order valence-electron chi connectivity index (χ2n) is 6.20. The smallest absolute Gasteiger partial charge is 0.338 e. The Morgan fingerprint density at radius 2 is 1.91 bits per heavy atom. The van der Waals surface area contributed by atoms with Gasteiger partial charge in [0.2, 0.25) is 0 Å². The molecule has 2 saturated heterocycles. The summed E-state index contributed by atoms with van der Waals surface area (Å²) >= 11 is 2.19. The second kappa shape index (κ2) is 6.76. The van der Waals surface area contributed by atoms with Crippen LogP contribution in [-0.2, 0) is 14.3 Å². The highest BCUT2D eigenvalue weighted by Crippen LogP contribution is 2.40. The van der Waals surface area contributed by atoms with E-state index in [0.29, 0.717) is 18.0 Å². The lowest BCUT2D eigenvalue weighted by atomic mass is 9.87. The molecule has 1 aromatic carbocycles. The number of benzene rings is 1. The zero-order chi connectivity index (χ0) is 16.6. The first-order valence-corrected chi connectivity index (χ1v) is 8.85. The van der Waals surface area contributed by atoms with Crippen LogP contribution in [0.2, 0.25) is 0 Å². The van der Waals surface area contributed by atoms with Crippen LogP contribution in [0.15, 0.2) is 24.3 Å². The van der Waals surface area contributed by atoms with E-state index in [2.05, 4.69) is 27.5 Å². The Hall–Kier alpha value is -1.15. The molecule has 6 heteroatoms. The minimum Gasteiger partial charge on any atom is -0.469 e. The number of fused-ring (bicyclic) bond motifs is 2. The van der Waals surface area contributed by atoms with Gasteiger partial charge in [-0.05, 0) is 66.7 Å². The van der Waals surface area contributed by atoms with E-state index < -0.39 is 12.0 Å². The van der Waals surface area contributed by atoms with Gasteiger partial charge in [0.15, 0.2) is 0 Å². The normalized spacial score (nSPS) is 30.0. The minimum absolute atomic E-state index is 0.0933. The molecule has 2 unspecified atom stereocenters. The average molecular weight is 429 g/mol. The largest absolute Gasteiger partial charge is 0.469 e. The third-order valence-electron chi connectivity index (χ3n) is 5.03. The molecule has 3 rings (SSSR count). The molecule has 0 aromatic heterocycles. The summed E-state index contributed by atoms with van der Waals surface area (Å²) < 4.78 is 11.7. The van der Waals surface area contributed by atoms with E-state index in [1.807, 2.05) is 19.2 Å². The van der Waals surface area contributed by atoms with E-state index in [0.717, 1.165) is 16.4 Å². The van der Waals surface area contributed by atoms with Gasteiger partial charge in [-0.1, -0.05) is 0 Å². The van der Waals surface area contributed by atoms with Crippen molar-refractivity contribution in [1.82, 2.24) is 4.90 Å². The molecule has 124 valence electrons. The lowest BCUT2D eigenvalue weighted by Gasteiger charge is -2.40. The molecule has 0 aliphatic carbocycles. The molecule has 23 heavy (non-hydrogen) atoms. The van der Waals surface area contributed by atoms with Crippen LogP contribution in [0.4, 0.5) is 0 Å². The van der Waals surface area contributed by atoms with Crippen molar-refractivity contribution in [3.05, 3.63) is 33.4 Å². The van der Waals surface area contributed by atoms with Gasteiger partial charge in [-0.15, -0.1) is 0 Å². The van der Waals surface area contributed by atoms with Crippen molar-refractivity contribution in [2.45, 2.75) is 37.5 Å². The van der Waals surface area contributed by atoms with E-state index in [4.69, 9.17) is 9.47 Å². The molecule has 0 spiro atoms. The van der Waals surface area contributed by atoms with Gasteiger partial charge >= 0.3 is 11.9 Å². The summed E-state index contributed by atoms with van der Waals surface area (Å²) in [6.45, 7) is 0. The van der Waals surface area contributed by atoms with Crippen LogP contribution in [0, 0.1) is 9.49 Å². The number of hydrogen-bond donors (Lipinski definition) is 0. The quantitative estimate of drug-likeness (QED) is 0.546. The van der Waals surface area contributed by atoms with Crippen LogP contribution in [0.25, 0.3) is 0 Å². The average Bonchev–Trinajstić information content (AvgIpc) is 2.78. The lowest BCUT2D eigenvalue weighted by molar-refractivity contribution is -0.156. The molecule has 2 aliphatic heterocycles. The molecule has 0 radical (unpaired) electrons. The predicted octanol–water partition coefficient (Wildman–Crippen LogP) is 2.47. The van der Waals surface area contributed by atoms with E-state index in [-0.39, 0.29) is 18.0 Å².